The Kier molecular flexibility index (Phi) is 4.01. The van der Waals surface area contributed by atoms with Crippen LogP contribution < -0.4 is 10.5 Å². The minimum absolute atomic E-state index is 0.165. The van der Waals surface area contributed by atoms with Crippen molar-refractivity contribution in [1.82, 2.24) is 4.98 Å². The van der Waals surface area contributed by atoms with Crippen molar-refractivity contribution >= 4 is 37.3 Å². The van der Waals surface area contributed by atoms with Crippen molar-refractivity contribution in [3.8, 4) is 0 Å². The van der Waals surface area contributed by atoms with Crippen molar-refractivity contribution in [3.05, 3.63) is 46.2 Å². The Morgan fingerprint density at radius 2 is 1.90 bits per heavy atom. The van der Waals surface area contributed by atoms with Crippen LogP contribution >= 0.6 is 15.9 Å². The summed E-state index contributed by atoms with van der Waals surface area (Å²) in [6.07, 6.45) is 1.45. The van der Waals surface area contributed by atoms with Crippen molar-refractivity contribution in [2.45, 2.75) is 18.7 Å². The first-order chi connectivity index (χ1) is 9.29. The Bertz CT molecular complexity index is 760. The molecule has 0 aliphatic carbocycles. The molecule has 3 N–H and O–H groups in total. The second-order valence-corrected chi connectivity index (χ2v) is 6.86. The molecule has 1 heterocycles. The summed E-state index contributed by atoms with van der Waals surface area (Å²) in [6.45, 7) is 3.56. The largest absolute Gasteiger partial charge is 0.399 e. The van der Waals surface area contributed by atoms with E-state index in [4.69, 9.17) is 5.73 Å². The zero-order valence-corrected chi connectivity index (χ0v) is 13.4. The van der Waals surface area contributed by atoms with E-state index in [1.165, 1.54) is 12.3 Å². The third-order valence-electron chi connectivity index (χ3n) is 2.77. The van der Waals surface area contributed by atoms with E-state index in [-0.39, 0.29) is 4.90 Å². The highest BCUT2D eigenvalue weighted by atomic mass is 79.9. The van der Waals surface area contributed by atoms with Crippen molar-refractivity contribution in [2.75, 3.05) is 10.5 Å². The number of halogens is 1. The van der Waals surface area contributed by atoms with Gasteiger partial charge in [0.1, 0.15) is 4.60 Å². The van der Waals surface area contributed by atoms with E-state index in [2.05, 4.69) is 25.6 Å². The number of anilines is 2. The van der Waals surface area contributed by atoms with Crippen LogP contribution in [0.15, 0.2) is 40.0 Å². The second kappa shape index (κ2) is 5.41. The monoisotopic (exact) mass is 355 g/mol. The van der Waals surface area contributed by atoms with Crippen LogP contribution in [0.1, 0.15) is 11.1 Å². The fourth-order valence-corrected chi connectivity index (χ4v) is 3.26. The summed E-state index contributed by atoms with van der Waals surface area (Å²) in [7, 11) is -3.68. The minimum atomic E-state index is -3.68. The molecule has 0 saturated carbocycles. The first-order valence-electron chi connectivity index (χ1n) is 5.81. The maximum Gasteiger partial charge on any atom is 0.262 e. The van der Waals surface area contributed by atoms with E-state index >= 15 is 0 Å². The molecule has 0 unspecified atom stereocenters. The predicted molar refractivity (Wildman–Crippen MR) is 83.1 cm³/mol. The van der Waals surface area contributed by atoms with Gasteiger partial charge in [-0.2, -0.15) is 0 Å². The van der Waals surface area contributed by atoms with Gasteiger partial charge in [0.2, 0.25) is 0 Å². The van der Waals surface area contributed by atoms with Crippen molar-refractivity contribution in [1.29, 1.82) is 0 Å². The van der Waals surface area contributed by atoms with Crippen LogP contribution in [0.5, 0.6) is 0 Å². The molecular formula is C13H14BrN3O2S. The fraction of sp³-hybridized carbons (Fsp3) is 0.154. The van der Waals surface area contributed by atoms with Gasteiger partial charge >= 0.3 is 0 Å². The Labute approximate surface area is 126 Å². The van der Waals surface area contributed by atoms with Crippen LogP contribution in [0.25, 0.3) is 0 Å². The number of sulfonamides is 1. The van der Waals surface area contributed by atoms with Gasteiger partial charge in [-0.3, -0.25) is 4.72 Å². The number of nitrogens with zero attached hydrogens (tertiary/aromatic N) is 1. The van der Waals surface area contributed by atoms with Crippen LogP contribution in [-0.4, -0.2) is 13.4 Å². The third kappa shape index (κ3) is 3.10. The third-order valence-corrected chi connectivity index (χ3v) is 5.12. The van der Waals surface area contributed by atoms with E-state index in [1.54, 1.807) is 25.1 Å². The van der Waals surface area contributed by atoms with Crippen molar-refractivity contribution < 1.29 is 8.42 Å². The van der Waals surface area contributed by atoms with Gasteiger partial charge in [-0.15, -0.1) is 0 Å². The van der Waals surface area contributed by atoms with Gasteiger partial charge in [-0.1, -0.05) is 6.07 Å². The molecule has 0 fully saturated rings. The van der Waals surface area contributed by atoms with E-state index in [1.807, 2.05) is 6.92 Å². The maximum atomic E-state index is 12.4. The summed E-state index contributed by atoms with van der Waals surface area (Å²) in [5, 5.41) is 0. The smallest absolute Gasteiger partial charge is 0.262 e. The standard InChI is InChI=1S/C13H14BrN3O2S/c1-8-3-4-10(15)6-12(8)20(18,19)17-11-5-9(2)13(14)16-7-11/h3-7,17H,15H2,1-2H3. The number of aromatic nitrogens is 1. The van der Waals surface area contributed by atoms with Crippen LogP contribution in [0.2, 0.25) is 0 Å². The first kappa shape index (κ1) is 14.8. The summed E-state index contributed by atoms with van der Waals surface area (Å²) in [5.74, 6) is 0. The number of nitrogen functional groups attached to an aromatic ring is 1. The number of benzene rings is 1. The van der Waals surface area contributed by atoms with Gasteiger partial charge in [-0.05, 0) is 59.1 Å². The van der Waals surface area contributed by atoms with Crippen molar-refractivity contribution in [2.24, 2.45) is 0 Å². The highest BCUT2D eigenvalue weighted by molar-refractivity contribution is 9.10. The zero-order chi connectivity index (χ0) is 14.9. The number of pyridine rings is 1. The highest BCUT2D eigenvalue weighted by Gasteiger charge is 2.17. The molecule has 1 aromatic heterocycles. The average Bonchev–Trinajstić information content (AvgIpc) is 2.36. The SMILES string of the molecule is Cc1ccc(N)cc1S(=O)(=O)Nc1cnc(Br)c(C)c1. The number of aryl methyl sites for hydroxylation is 2. The fourth-order valence-electron chi connectivity index (χ4n) is 1.73. The maximum absolute atomic E-state index is 12.4. The van der Waals surface area contributed by atoms with E-state index in [9.17, 15) is 8.42 Å². The number of hydrogen-bond acceptors (Lipinski definition) is 4. The number of nitrogens with two attached hydrogens (primary N) is 1. The molecule has 1 aromatic carbocycles. The van der Waals surface area contributed by atoms with Gasteiger partial charge in [0, 0.05) is 5.69 Å². The molecule has 0 atom stereocenters. The molecule has 0 saturated heterocycles. The highest BCUT2D eigenvalue weighted by Crippen LogP contribution is 2.23. The predicted octanol–water partition coefficient (Wildman–Crippen LogP) is 2.84. The Balaban J connectivity index is 2.40. The van der Waals surface area contributed by atoms with E-state index in [0.29, 0.717) is 21.5 Å². The number of rotatable bonds is 3. The molecule has 5 nitrogen and oxygen atoms in total. The van der Waals surface area contributed by atoms with Crippen LogP contribution in [0, 0.1) is 13.8 Å². The molecule has 106 valence electrons. The van der Waals surface area contributed by atoms with Gasteiger partial charge in [0.05, 0.1) is 16.8 Å². The molecule has 0 aliphatic rings. The van der Waals surface area contributed by atoms with Crippen LogP contribution in [0.4, 0.5) is 11.4 Å². The van der Waals surface area contributed by atoms with Crippen molar-refractivity contribution in [3.63, 3.8) is 0 Å². The molecule has 0 amide bonds. The molecular weight excluding hydrogens is 342 g/mol. The normalized spacial score (nSPS) is 11.3. The molecule has 0 bridgehead atoms. The van der Waals surface area contributed by atoms with Gasteiger partial charge in [-0.25, -0.2) is 13.4 Å². The lowest BCUT2D eigenvalue weighted by molar-refractivity contribution is 0.600. The van der Waals surface area contributed by atoms with E-state index in [0.717, 1.165) is 5.56 Å². The molecule has 0 spiro atoms. The molecule has 2 aromatic rings. The molecule has 20 heavy (non-hydrogen) atoms. The van der Waals surface area contributed by atoms with Gasteiger partial charge in [0.15, 0.2) is 0 Å². The summed E-state index contributed by atoms with van der Waals surface area (Å²) in [6, 6.07) is 6.49. The second-order valence-electron chi connectivity index (χ2n) is 4.46. The van der Waals surface area contributed by atoms with Crippen LogP contribution in [-0.2, 0) is 10.0 Å². The quantitative estimate of drug-likeness (QED) is 0.654. The zero-order valence-electron chi connectivity index (χ0n) is 11.0. The lowest BCUT2D eigenvalue weighted by Crippen LogP contribution is -2.15. The minimum Gasteiger partial charge on any atom is -0.399 e. The summed E-state index contributed by atoms with van der Waals surface area (Å²) >= 11 is 3.27. The molecule has 2 rings (SSSR count). The van der Waals surface area contributed by atoms with E-state index < -0.39 is 10.0 Å². The number of hydrogen-bond donors (Lipinski definition) is 2. The Morgan fingerprint density at radius 1 is 1.20 bits per heavy atom. The average molecular weight is 356 g/mol. The summed E-state index contributed by atoms with van der Waals surface area (Å²) in [5.41, 5.74) is 7.94. The molecule has 0 aliphatic heterocycles. The van der Waals surface area contributed by atoms with Crippen LogP contribution in [0.3, 0.4) is 0 Å². The Hall–Kier alpha value is -1.60. The summed E-state index contributed by atoms with van der Waals surface area (Å²) < 4.78 is 27.9. The lowest BCUT2D eigenvalue weighted by atomic mass is 10.2. The molecule has 0 radical (unpaired) electrons. The topological polar surface area (TPSA) is 85.1 Å². The first-order valence-corrected chi connectivity index (χ1v) is 8.08. The Morgan fingerprint density at radius 3 is 2.55 bits per heavy atom. The molecule has 7 heteroatoms. The lowest BCUT2D eigenvalue weighted by Gasteiger charge is -2.11. The van der Waals surface area contributed by atoms with Gasteiger partial charge in [0.25, 0.3) is 10.0 Å². The summed E-state index contributed by atoms with van der Waals surface area (Å²) in [4.78, 5) is 4.23. The van der Waals surface area contributed by atoms with Gasteiger partial charge < -0.3 is 5.73 Å². The number of nitrogens with one attached hydrogen (secondary N) is 1.